The molecule has 6 nitrogen and oxygen atoms in total. The second kappa shape index (κ2) is 10.5. The number of carbonyl (C=O) groups is 2. The van der Waals surface area contributed by atoms with Crippen LogP contribution < -0.4 is 5.32 Å². The molecule has 0 saturated carbocycles. The first-order valence-electron chi connectivity index (χ1n) is 6.75. The molecule has 0 saturated heterocycles. The van der Waals surface area contributed by atoms with E-state index in [1.54, 1.807) is 7.11 Å². The molecule has 1 atom stereocenters. The highest BCUT2D eigenvalue weighted by Gasteiger charge is 2.22. The molecule has 1 rings (SSSR count). The molecule has 122 valence electrons. The summed E-state index contributed by atoms with van der Waals surface area (Å²) in [5.74, 6) is -0.846. The van der Waals surface area contributed by atoms with Crippen molar-refractivity contribution in [1.82, 2.24) is 5.32 Å². The maximum absolute atomic E-state index is 11.8. The predicted molar refractivity (Wildman–Crippen MR) is 89.5 cm³/mol. The van der Waals surface area contributed by atoms with Gasteiger partial charge < -0.3 is 19.5 Å². The number of halogens is 1. The fourth-order valence-corrected chi connectivity index (χ4v) is 2.39. The highest BCUT2D eigenvalue weighted by atomic mass is 127. The van der Waals surface area contributed by atoms with Gasteiger partial charge in [0.1, 0.15) is 12.6 Å². The summed E-state index contributed by atoms with van der Waals surface area (Å²) in [7, 11) is 2.85. The number of benzene rings is 1. The van der Waals surface area contributed by atoms with Gasteiger partial charge in [-0.2, -0.15) is 0 Å². The van der Waals surface area contributed by atoms with E-state index in [-0.39, 0.29) is 12.5 Å². The molecular formula is C15H20INO5. The summed E-state index contributed by atoms with van der Waals surface area (Å²) >= 11 is 2.20. The number of nitrogens with one attached hydrogen (secondary N) is 1. The normalized spacial score (nSPS) is 11.8. The molecule has 1 aromatic carbocycles. The average Bonchev–Trinajstić information content (AvgIpc) is 2.50. The van der Waals surface area contributed by atoms with Crippen LogP contribution in [0.1, 0.15) is 5.56 Å². The minimum absolute atomic E-state index is 0.122. The molecule has 0 aliphatic rings. The number of rotatable bonds is 9. The Balaban J connectivity index is 2.57. The molecule has 0 unspecified atom stereocenters. The summed E-state index contributed by atoms with van der Waals surface area (Å²) in [5, 5.41) is 2.63. The molecule has 0 aliphatic heterocycles. The van der Waals surface area contributed by atoms with E-state index in [0.717, 1.165) is 9.13 Å². The highest BCUT2D eigenvalue weighted by Crippen LogP contribution is 2.10. The summed E-state index contributed by atoms with van der Waals surface area (Å²) in [6, 6.07) is 6.99. The predicted octanol–water partition coefficient (Wildman–Crippen LogP) is 1.15. The van der Waals surface area contributed by atoms with Crippen LogP contribution in [0, 0.1) is 3.57 Å². The maximum Gasteiger partial charge on any atom is 0.328 e. The first-order valence-corrected chi connectivity index (χ1v) is 7.83. The highest BCUT2D eigenvalue weighted by molar-refractivity contribution is 14.1. The Morgan fingerprint density at radius 2 is 2.05 bits per heavy atom. The van der Waals surface area contributed by atoms with E-state index in [1.165, 1.54) is 7.11 Å². The molecule has 0 aromatic heterocycles. The van der Waals surface area contributed by atoms with Crippen LogP contribution in [0.3, 0.4) is 0 Å². The smallest absolute Gasteiger partial charge is 0.328 e. The monoisotopic (exact) mass is 421 g/mol. The van der Waals surface area contributed by atoms with E-state index in [4.69, 9.17) is 14.2 Å². The van der Waals surface area contributed by atoms with Crippen molar-refractivity contribution in [1.29, 1.82) is 0 Å². The van der Waals surface area contributed by atoms with Crippen molar-refractivity contribution in [2.24, 2.45) is 0 Å². The summed E-state index contributed by atoms with van der Waals surface area (Å²) in [4.78, 5) is 23.6. The number of methoxy groups -OCH3 is 2. The molecule has 0 aliphatic carbocycles. The molecule has 0 heterocycles. The van der Waals surface area contributed by atoms with Crippen LogP contribution in [-0.2, 0) is 30.2 Å². The minimum atomic E-state index is -0.735. The Morgan fingerprint density at radius 1 is 1.27 bits per heavy atom. The van der Waals surface area contributed by atoms with Crippen molar-refractivity contribution in [2.75, 3.05) is 34.0 Å². The lowest BCUT2D eigenvalue weighted by Crippen LogP contribution is -2.44. The lowest BCUT2D eigenvalue weighted by atomic mass is 10.1. The van der Waals surface area contributed by atoms with Gasteiger partial charge in [0, 0.05) is 17.1 Å². The zero-order valence-corrected chi connectivity index (χ0v) is 14.8. The van der Waals surface area contributed by atoms with Crippen molar-refractivity contribution < 1.29 is 23.8 Å². The van der Waals surface area contributed by atoms with E-state index in [9.17, 15) is 9.59 Å². The Hall–Kier alpha value is -1.19. The van der Waals surface area contributed by atoms with Gasteiger partial charge in [-0.3, -0.25) is 4.79 Å². The SMILES string of the molecule is COCCOCC(=O)N[C@H](Cc1cccc(I)c1)C(=O)OC. The molecule has 0 fully saturated rings. The number of carbonyl (C=O) groups excluding carboxylic acids is 2. The summed E-state index contributed by atoms with van der Waals surface area (Å²) in [5.41, 5.74) is 0.947. The van der Waals surface area contributed by atoms with Crippen molar-refractivity contribution in [3.8, 4) is 0 Å². The first kappa shape index (κ1) is 18.9. The second-order valence-electron chi connectivity index (χ2n) is 4.52. The number of esters is 1. The van der Waals surface area contributed by atoms with Gasteiger partial charge in [0.25, 0.3) is 0 Å². The largest absolute Gasteiger partial charge is 0.467 e. The lowest BCUT2D eigenvalue weighted by molar-refractivity contribution is -0.145. The Bertz CT molecular complexity index is 495. The fraction of sp³-hybridized carbons (Fsp3) is 0.467. The van der Waals surface area contributed by atoms with Gasteiger partial charge in [-0.25, -0.2) is 4.79 Å². The number of ether oxygens (including phenoxy) is 3. The van der Waals surface area contributed by atoms with Crippen LogP contribution in [-0.4, -0.2) is 52.0 Å². The lowest BCUT2D eigenvalue weighted by Gasteiger charge is -2.17. The molecule has 0 bridgehead atoms. The first-order chi connectivity index (χ1) is 10.6. The molecule has 1 N–H and O–H groups in total. The van der Waals surface area contributed by atoms with E-state index in [2.05, 4.69) is 27.9 Å². The zero-order valence-electron chi connectivity index (χ0n) is 12.6. The minimum Gasteiger partial charge on any atom is -0.467 e. The van der Waals surface area contributed by atoms with Gasteiger partial charge in [0.15, 0.2) is 0 Å². The summed E-state index contributed by atoms with van der Waals surface area (Å²) in [6.45, 7) is 0.614. The Kier molecular flexibility index (Phi) is 9.02. The van der Waals surface area contributed by atoms with Crippen LogP contribution in [0.25, 0.3) is 0 Å². The molecular weight excluding hydrogens is 401 g/mol. The molecule has 0 radical (unpaired) electrons. The number of hydrogen-bond acceptors (Lipinski definition) is 5. The molecule has 22 heavy (non-hydrogen) atoms. The van der Waals surface area contributed by atoms with E-state index < -0.39 is 12.0 Å². The van der Waals surface area contributed by atoms with Gasteiger partial charge in [0.2, 0.25) is 5.91 Å². The Labute approximate surface area is 143 Å². The van der Waals surface area contributed by atoms with Crippen LogP contribution in [0.2, 0.25) is 0 Å². The third-order valence-corrected chi connectivity index (χ3v) is 3.49. The standard InChI is InChI=1S/C15H20INO5/c1-20-6-7-22-10-14(18)17-13(15(19)21-2)9-11-4-3-5-12(16)8-11/h3-5,8,13H,6-7,9-10H2,1-2H3,(H,17,18)/t13-/m1/s1. The van der Waals surface area contributed by atoms with Crippen molar-refractivity contribution in [3.05, 3.63) is 33.4 Å². The van der Waals surface area contributed by atoms with E-state index in [1.807, 2.05) is 24.3 Å². The number of hydrogen-bond donors (Lipinski definition) is 1. The average molecular weight is 421 g/mol. The van der Waals surface area contributed by atoms with E-state index in [0.29, 0.717) is 19.6 Å². The van der Waals surface area contributed by atoms with E-state index >= 15 is 0 Å². The third-order valence-electron chi connectivity index (χ3n) is 2.81. The Morgan fingerprint density at radius 3 is 2.68 bits per heavy atom. The van der Waals surface area contributed by atoms with Gasteiger partial charge in [-0.15, -0.1) is 0 Å². The molecule has 7 heteroatoms. The number of amides is 1. The van der Waals surface area contributed by atoms with Crippen LogP contribution in [0.4, 0.5) is 0 Å². The topological polar surface area (TPSA) is 73.9 Å². The van der Waals surface area contributed by atoms with Crippen LogP contribution >= 0.6 is 22.6 Å². The van der Waals surface area contributed by atoms with Crippen molar-refractivity contribution in [2.45, 2.75) is 12.5 Å². The van der Waals surface area contributed by atoms with Crippen LogP contribution in [0.15, 0.2) is 24.3 Å². The summed E-state index contributed by atoms with van der Waals surface area (Å²) in [6.07, 6.45) is 0.368. The van der Waals surface area contributed by atoms with Crippen molar-refractivity contribution in [3.63, 3.8) is 0 Å². The molecule has 1 amide bonds. The second-order valence-corrected chi connectivity index (χ2v) is 5.77. The van der Waals surface area contributed by atoms with Gasteiger partial charge >= 0.3 is 5.97 Å². The molecule has 0 spiro atoms. The zero-order chi connectivity index (χ0) is 16.4. The van der Waals surface area contributed by atoms with Gasteiger partial charge in [-0.05, 0) is 40.3 Å². The summed E-state index contributed by atoms with van der Waals surface area (Å²) < 4.78 is 15.8. The quantitative estimate of drug-likeness (QED) is 0.368. The van der Waals surface area contributed by atoms with Crippen LogP contribution in [0.5, 0.6) is 0 Å². The maximum atomic E-state index is 11.8. The van der Waals surface area contributed by atoms with Gasteiger partial charge in [-0.1, -0.05) is 12.1 Å². The third kappa shape index (κ3) is 7.19. The molecule has 1 aromatic rings. The van der Waals surface area contributed by atoms with Crippen molar-refractivity contribution >= 4 is 34.5 Å². The van der Waals surface area contributed by atoms with Gasteiger partial charge in [0.05, 0.1) is 20.3 Å². The fourth-order valence-electron chi connectivity index (χ4n) is 1.78.